The number of aliphatic hydroxyl groups is 2. The van der Waals surface area contributed by atoms with Gasteiger partial charge in [0, 0.05) is 0 Å². The Bertz CT molecular complexity index is 288. The molecule has 0 aromatic carbocycles. The summed E-state index contributed by atoms with van der Waals surface area (Å²) in [6, 6.07) is -0.218. The highest BCUT2D eigenvalue weighted by Gasteiger charge is 2.29. The van der Waals surface area contributed by atoms with Crippen molar-refractivity contribution in [2.75, 3.05) is 13.2 Å². The molecule has 1 aliphatic rings. The molecule has 6 heteroatoms. The maximum absolute atomic E-state index is 9.49. The van der Waals surface area contributed by atoms with Gasteiger partial charge in [-0.1, -0.05) is 5.21 Å². The van der Waals surface area contributed by atoms with Crippen molar-refractivity contribution in [3.05, 3.63) is 11.9 Å². The fraction of sp³-hybridized carbons (Fsp3) is 0.714. The molecule has 0 aliphatic carbocycles. The summed E-state index contributed by atoms with van der Waals surface area (Å²) >= 11 is 0. The molecule has 1 aliphatic heterocycles. The zero-order chi connectivity index (χ0) is 9.26. The van der Waals surface area contributed by atoms with E-state index in [2.05, 4.69) is 10.3 Å². The number of ether oxygens (including phenoxy) is 1. The van der Waals surface area contributed by atoms with E-state index in [1.165, 1.54) is 10.9 Å². The Kier molecular flexibility index (Phi) is 2.26. The van der Waals surface area contributed by atoms with Gasteiger partial charge in [-0.25, -0.2) is 4.68 Å². The van der Waals surface area contributed by atoms with E-state index in [0.29, 0.717) is 18.9 Å². The summed E-state index contributed by atoms with van der Waals surface area (Å²) in [5.74, 6) is 0. The molecule has 13 heavy (non-hydrogen) atoms. The van der Waals surface area contributed by atoms with Crippen LogP contribution in [0.15, 0.2) is 6.20 Å². The minimum Gasteiger partial charge on any atom is -0.390 e. The van der Waals surface area contributed by atoms with Crippen LogP contribution in [-0.2, 0) is 11.3 Å². The first-order chi connectivity index (χ1) is 6.33. The Morgan fingerprint density at radius 1 is 1.62 bits per heavy atom. The van der Waals surface area contributed by atoms with Crippen molar-refractivity contribution in [2.45, 2.75) is 18.8 Å². The molecule has 1 aromatic rings. The predicted octanol–water partition coefficient (Wildman–Crippen LogP) is -1.30. The molecule has 2 N–H and O–H groups in total. The number of aromatic nitrogens is 3. The molecule has 1 fully saturated rings. The van der Waals surface area contributed by atoms with Gasteiger partial charge in [-0.2, -0.15) is 0 Å². The van der Waals surface area contributed by atoms with E-state index in [1.54, 1.807) is 0 Å². The molecule has 0 spiro atoms. The van der Waals surface area contributed by atoms with Crippen molar-refractivity contribution in [2.24, 2.45) is 0 Å². The van der Waals surface area contributed by atoms with Crippen LogP contribution < -0.4 is 0 Å². The second-order valence-corrected chi connectivity index (χ2v) is 3.00. The lowest BCUT2D eigenvalue weighted by Crippen LogP contribution is -2.24. The molecular weight excluding hydrogens is 174 g/mol. The van der Waals surface area contributed by atoms with Crippen LogP contribution in [0.1, 0.15) is 11.7 Å². The Morgan fingerprint density at radius 3 is 3.08 bits per heavy atom. The molecule has 0 amide bonds. The molecule has 2 heterocycles. The molecule has 1 aromatic heterocycles. The molecule has 2 atom stereocenters. The Morgan fingerprint density at radius 2 is 2.46 bits per heavy atom. The normalized spacial score (nSPS) is 28.2. The highest BCUT2D eigenvalue weighted by Crippen LogP contribution is 2.19. The van der Waals surface area contributed by atoms with E-state index in [1.807, 2.05) is 0 Å². The number of rotatable bonds is 2. The molecule has 1 saturated heterocycles. The van der Waals surface area contributed by atoms with Gasteiger partial charge in [0.25, 0.3) is 0 Å². The molecule has 0 saturated carbocycles. The van der Waals surface area contributed by atoms with E-state index in [4.69, 9.17) is 9.84 Å². The van der Waals surface area contributed by atoms with Crippen molar-refractivity contribution in [3.8, 4) is 0 Å². The van der Waals surface area contributed by atoms with Crippen molar-refractivity contribution >= 4 is 0 Å². The Labute approximate surface area is 74.7 Å². The van der Waals surface area contributed by atoms with E-state index in [0.717, 1.165) is 0 Å². The van der Waals surface area contributed by atoms with E-state index < -0.39 is 6.10 Å². The molecule has 0 radical (unpaired) electrons. The standard InChI is InChI=1S/C7H11N3O3/c11-2-5-1-8-9-10(5)6-3-13-4-7(6)12/h1,6-7,11-12H,2-4H2. The van der Waals surface area contributed by atoms with Gasteiger partial charge in [-0.3, -0.25) is 0 Å². The summed E-state index contributed by atoms with van der Waals surface area (Å²) in [4.78, 5) is 0. The van der Waals surface area contributed by atoms with E-state index in [-0.39, 0.29) is 12.6 Å². The first-order valence-electron chi connectivity index (χ1n) is 4.08. The third-order valence-corrected chi connectivity index (χ3v) is 2.15. The van der Waals surface area contributed by atoms with E-state index >= 15 is 0 Å². The number of hydrogen-bond acceptors (Lipinski definition) is 5. The number of nitrogens with zero attached hydrogens (tertiary/aromatic N) is 3. The fourth-order valence-corrected chi connectivity index (χ4v) is 1.42. The van der Waals surface area contributed by atoms with Crippen molar-refractivity contribution in [1.82, 2.24) is 15.0 Å². The molecule has 2 rings (SSSR count). The van der Waals surface area contributed by atoms with Gasteiger partial charge in [-0.05, 0) is 0 Å². The third-order valence-electron chi connectivity index (χ3n) is 2.15. The molecule has 6 nitrogen and oxygen atoms in total. The quantitative estimate of drug-likeness (QED) is 0.598. The van der Waals surface area contributed by atoms with Gasteiger partial charge in [0.15, 0.2) is 0 Å². The Balaban J connectivity index is 2.23. The van der Waals surface area contributed by atoms with Crippen LogP contribution in [0.3, 0.4) is 0 Å². The van der Waals surface area contributed by atoms with Crippen molar-refractivity contribution < 1.29 is 14.9 Å². The van der Waals surface area contributed by atoms with Crippen LogP contribution in [0.5, 0.6) is 0 Å². The third kappa shape index (κ3) is 1.43. The SMILES string of the molecule is OCc1cnnn1C1COCC1O. The van der Waals surface area contributed by atoms with Gasteiger partial charge in [0.05, 0.1) is 31.7 Å². The first-order valence-corrected chi connectivity index (χ1v) is 4.08. The summed E-state index contributed by atoms with van der Waals surface area (Å²) < 4.78 is 6.58. The monoisotopic (exact) mass is 185 g/mol. The van der Waals surface area contributed by atoms with Crippen LogP contribution in [0.25, 0.3) is 0 Å². The zero-order valence-corrected chi connectivity index (χ0v) is 7.00. The largest absolute Gasteiger partial charge is 0.390 e. The van der Waals surface area contributed by atoms with Gasteiger partial charge >= 0.3 is 0 Å². The molecular formula is C7H11N3O3. The van der Waals surface area contributed by atoms with Crippen molar-refractivity contribution in [3.63, 3.8) is 0 Å². The maximum Gasteiger partial charge on any atom is 0.105 e. The van der Waals surface area contributed by atoms with Crippen LogP contribution in [-0.4, -0.2) is 44.5 Å². The van der Waals surface area contributed by atoms with Gasteiger partial charge in [-0.15, -0.1) is 5.10 Å². The first kappa shape index (κ1) is 8.61. The second kappa shape index (κ2) is 3.41. The van der Waals surface area contributed by atoms with Crippen LogP contribution in [0.4, 0.5) is 0 Å². The molecule has 0 bridgehead atoms. The second-order valence-electron chi connectivity index (χ2n) is 3.00. The van der Waals surface area contributed by atoms with Crippen LogP contribution in [0, 0.1) is 0 Å². The van der Waals surface area contributed by atoms with Gasteiger partial charge in [0.2, 0.25) is 0 Å². The summed E-state index contributed by atoms with van der Waals surface area (Å²) in [6.07, 6.45) is 0.914. The number of aliphatic hydroxyl groups excluding tert-OH is 2. The predicted molar refractivity (Wildman–Crippen MR) is 41.8 cm³/mol. The molecule has 2 unspecified atom stereocenters. The fourth-order valence-electron chi connectivity index (χ4n) is 1.42. The Hall–Kier alpha value is -0.980. The highest BCUT2D eigenvalue weighted by molar-refractivity contribution is 4.96. The topological polar surface area (TPSA) is 80.4 Å². The van der Waals surface area contributed by atoms with Crippen LogP contribution >= 0.6 is 0 Å². The average Bonchev–Trinajstić information content (AvgIpc) is 2.71. The lowest BCUT2D eigenvalue weighted by molar-refractivity contribution is 0.116. The molecule has 72 valence electrons. The maximum atomic E-state index is 9.49. The lowest BCUT2D eigenvalue weighted by Gasteiger charge is -2.13. The smallest absolute Gasteiger partial charge is 0.105 e. The van der Waals surface area contributed by atoms with E-state index in [9.17, 15) is 5.11 Å². The minimum absolute atomic E-state index is 0.129. The van der Waals surface area contributed by atoms with Gasteiger partial charge < -0.3 is 14.9 Å². The summed E-state index contributed by atoms with van der Waals surface area (Å²) in [7, 11) is 0. The van der Waals surface area contributed by atoms with Crippen LogP contribution in [0.2, 0.25) is 0 Å². The summed E-state index contributed by atoms with van der Waals surface area (Å²) in [5, 5.41) is 25.9. The number of hydrogen-bond donors (Lipinski definition) is 2. The van der Waals surface area contributed by atoms with Crippen molar-refractivity contribution in [1.29, 1.82) is 0 Å². The minimum atomic E-state index is -0.563. The lowest BCUT2D eigenvalue weighted by atomic mass is 10.2. The summed E-state index contributed by atoms with van der Waals surface area (Å²) in [5.41, 5.74) is 0.592. The average molecular weight is 185 g/mol. The highest BCUT2D eigenvalue weighted by atomic mass is 16.5. The zero-order valence-electron chi connectivity index (χ0n) is 7.00. The van der Waals surface area contributed by atoms with Gasteiger partial charge in [0.1, 0.15) is 12.1 Å². The summed E-state index contributed by atoms with van der Waals surface area (Å²) in [6.45, 7) is 0.600.